The predicted molar refractivity (Wildman–Crippen MR) is 86.7 cm³/mol. The lowest BCUT2D eigenvalue weighted by Crippen LogP contribution is -2.30. The Hall–Kier alpha value is -2.53. The first-order valence-electron chi connectivity index (χ1n) is 6.98. The van der Waals surface area contributed by atoms with Crippen molar-refractivity contribution in [2.45, 2.75) is 13.0 Å². The molecule has 5 nitrogen and oxygen atoms in total. The van der Waals surface area contributed by atoms with Gasteiger partial charge in [0.2, 0.25) is 0 Å². The summed E-state index contributed by atoms with van der Waals surface area (Å²) in [7, 11) is 0. The number of benzene rings is 1. The predicted octanol–water partition coefficient (Wildman–Crippen LogP) is 3.37. The molecule has 0 spiro atoms. The zero-order chi connectivity index (χ0) is 16.7. The highest BCUT2D eigenvalue weighted by molar-refractivity contribution is 6.30. The van der Waals surface area contributed by atoms with Crippen molar-refractivity contribution in [2.24, 2.45) is 0 Å². The van der Waals surface area contributed by atoms with Crippen LogP contribution in [0.15, 0.2) is 53.2 Å². The molecule has 0 saturated carbocycles. The van der Waals surface area contributed by atoms with Crippen LogP contribution >= 0.6 is 11.6 Å². The molecule has 1 heterocycles. The minimum atomic E-state index is -0.619. The highest BCUT2D eigenvalue weighted by Crippen LogP contribution is 2.17. The fourth-order valence-electron chi connectivity index (χ4n) is 1.86. The normalized spacial score (nSPS) is 12.1. The maximum atomic E-state index is 11.8. The SMILES string of the molecule is C[C@H](NC(=O)COC(=O)/C=C/c1ccco1)c1cccc(Cl)c1. The van der Waals surface area contributed by atoms with Crippen LogP contribution in [0, 0.1) is 0 Å². The largest absolute Gasteiger partial charge is 0.465 e. The van der Waals surface area contributed by atoms with Gasteiger partial charge in [0.15, 0.2) is 6.61 Å². The van der Waals surface area contributed by atoms with E-state index < -0.39 is 11.9 Å². The maximum Gasteiger partial charge on any atom is 0.331 e. The number of carbonyl (C=O) groups is 2. The average molecular weight is 334 g/mol. The van der Waals surface area contributed by atoms with Crippen LogP contribution in [0.5, 0.6) is 0 Å². The van der Waals surface area contributed by atoms with Crippen LogP contribution in [0.25, 0.3) is 6.08 Å². The van der Waals surface area contributed by atoms with Crippen LogP contribution in [-0.4, -0.2) is 18.5 Å². The van der Waals surface area contributed by atoms with E-state index in [1.807, 2.05) is 13.0 Å². The highest BCUT2D eigenvalue weighted by atomic mass is 35.5. The van der Waals surface area contributed by atoms with Gasteiger partial charge in [0.05, 0.1) is 12.3 Å². The quantitative estimate of drug-likeness (QED) is 0.650. The van der Waals surface area contributed by atoms with E-state index in [1.54, 1.807) is 30.3 Å². The minimum absolute atomic E-state index is 0.237. The van der Waals surface area contributed by atoms with Crippen molar-refractivity contribution in [2.75, 3.05) is 6.61 Å². The summed E-state index contributed by atoms with van der Waals surface area (Å²) in [5, 5.41) is 3.33. The van der Waals surface area contributed by atoms with Gasteiger partial charge in [-0.1, -0.05) is 23.7 Å². The molecule has 0 fully saturated rings. The van der Waals surface area contributed by atoms with E-state index in [4.69, 9.17) is 20.8 Å². The summed E-state index contributed by atoms with van der Waals surface area (Å²) in [6.07, 6.45) is 4.16. The maximum absolute atomic E-state index is 11.8. The summed E-state index contributed by atoms with van der Waals surface area (Å²) in [4.78, 5) is 23.3. The molecule has 0 radical (unpaired) electrons. The molecule has 0 aliphatic heterocycles. The second-order valence-electron chi connectivity index (χ2n) is 4.80. The molecule has 0 aliphatic rings. The molecule has 1 atom stereocenters. The number of esters is 1. The van der Waals surface area contributed by atoms with Gasteiger partial charge in [-0.3, -0.25) is 4.79 Å². The van der Waals surface area contributed by atoms with Gasteiger partial charge in [0.25, 0.3) is 5.91 Å². The lowest BCUT2D eigenvalue weighted by Gasteiger charge is -2.14. The Morgan fingerprint density at radius 1 is 1.35 bits per heavy atom. The number of hydrogen-bond donors (Lipinski definition) is 1. The molecule has 0 unspecified atom stereocenters. The smallest absolute Gasteiger partial charge is 0.331 e. The van der Waals surface area contributed by atoms with Gasteiger partial charge < -0.3 is 14.5 Å². The monoisotopic (exact) mass is 333 g/mol. The average Bonchev–Trinajstić information content (AvgIpc) is 3.04. The number of amides is 1. The van der Waals surface area contributed by atoms with Crippen LogP contribution < -0.4 is 5.32 Å². The highest BCUT2D eigenvalue weighted by Gasteiger charge is 2.11. The summed E-state index contributed by atoms with van der Waals surface area (Å²) >= 11 is 5.91. The summed E-state index contributed by atoms with van der Waals surface area (Å²) in [5.41, 5.74) is 0.870. The Labute approximate surface area is 138 Å². The molecule has 0 saturated heterocycles. The minimum Gasteiger partial charge on any atom is -0.465 e. The Morgan fingerprint density at radius 3 is 2.87 bits per heavy atom. The molecular weight excluding hydrogens is 318 g/mol. The second kappa shape index (κ2) is 8.19. The van der Waals surface area contributed by atoms with E-state index in [1.165, 1.54) is 18.4 Å². The molecular formula is C17H16ClNO4. The van der Waals surface area contributed by atoms with Crippen molar-refractivity contribution in [3.8, 4) is 0 Å². The van der Waals surface area contributed by atoms with Gasteiger partial charge in [-0.25, -0.2) is 4.79 Å². The van der Waals surface area contributed by atoms with Crippen LogP contribution in [0.4, 0.5) is 0 Å². The van der Waals surface area contributed by atoms with Crippen molar-refractivity contribution >= 4 is 29.6 Å². The molecule has 2 aromatic rings. The molecule has 1 amide bonds. The fraction of sp³-hybridized carbons (Fsp3) is 0.176. The third-order valence-corrected chi connectivity index (χ3v) is 3.23. The molecule has 1 aromatic heterocycles. The second-order valence-corrected chi connectivity index (χ2v) is 5.24. The number of halogens is 1. The van der Waals surface area contributed by atoms with Gasteiger partial charge in [-0.05, 0) is 42.8 Å². The van der Waals surface area contributed by atoms with Gasteiger partial charge in [0.1, 0.15) is 5.76 Å². The third-order valence-electron chi connectivity index (χ3n) is 3.00. The summed E-state index contributed by atoms with van der Waals surface area (Å²) in [6, 6.07) is 10.4. The lowest BCUT2D eigenvalue weighted by atomic mass is 10.1. The standard InChI is InChI=1S/C17H16ClNO4/c1-12(13-4-2-5-14(18)10-13)19-16(20)11-23-17(21)8-7-15-6-3-9-22-15/h2-10,12H,11H2,1H3,(H,19,20)/b8-7+/t12-/m0/s1. The Kier molecular flexibility index (Phi) is 6.00. The van der Waals surface area contributed by atoms with Crippen molar-refractivity contribution in [3.05, 3.63) is 65.1 Å². The first-order valence-corrected chi connectivity index (χ1v) is 7.35. The van der Waals surface area contributed by atoms with E-state index in [2.05, 4.69) is 5.32 Å². The molecule has 0 aliphatic carbocycles. The van der Waals surface area contributed by atoms with Gasteiger partial charge >= 0.3 is 5.97 Å². The van der Waals surface area contributed by atoms with Gasteiger partial charge in [0, 0.05) is 11.1 Å². The number of rotatable bonds is 6. The van der Waals surface area contributed by atoms with E-state index in [0.29, 0.717) is 10.8 Å². The van der Waals surface area contributed by atoms with E-state index in [-0.39, 0.29) is 12.6 Å². The number of ether oxygens (including phenoxy) is 1. The first-order chi connectivity index (χ1) is 11.0. The molecule has 120 valence electrons. The van der Waals surface area contributed by atoms with Crippen molar-refractivity contribution in [1.82, 2.24) is 5.32 Å². The zero-order valence-corrected chi connectivity index (χ0v) is 13.2. The fourth-order valence-corrected chi connectivity index (χ4v) is 2.06. The molecule has 1 aromatic carbocycles. The van der Waals surface area contributed by atoms with Crippen LogP contribution in [0.1, 0.15) is 24.3 Å². The van der Waals surface area contributed by atoms with Crippen LogP contribution in [0.3, 0.4) is 0 Å². The topological polar surface area (TPSA) is 68.5 Å². The molecule has 6 heteroatoms. The van der Waals surface area contributed by atoms with E-state index in [0.717, 1.165) is 5.56 Å². The molecule has 2 rings (SSSR count). The first kappa shape index (κ1) is 16.8. The van der Waals surface area contributed by atoms with E-state index >= 15 is 0 Å². The zero-order valence-electron chi connectivity index (χ0n) is 12.5. The van der Waals surface area contributed by atoms with Crippen LogP contribution in [0.2, 0.25) is 5.02 Å². The molecule has 23 heavy (non-hydrogen) atoms. The Morgan fingerprint density at radius 2 is 2.17 bits per heavy atom. The van der Waals surface area contributed by atoms with E-state index in [9.17, 15) is 9.59 Å². The van der Waals surface area contributed by atoms with Crippen molar-refractivity contribution in [3.63, 3.8) is 0 Å². The summed E-state index contributed by atoms with van der Waals surface area (Å²) in [6.45, 7) is 1.47. The van der Waals surface area contributed by atoms with Gasteiger partial charge in [-0.2, -0.15) is 0 Å². The Bertz CT molecular complexity index is 694. The number of carbonyl (C=O) groups excluding carboxylic acids is 2. The summed E-state index contributed by atoms with van der Waals surface area (Å²) < 4.78 is 9.89. The number of nitrogens with one attached hydrogen (secondary N) is 1. The third kappa shape index (κ3) is 5.64. The van der Waals surface area contributed by atoms with Crippen molar-refractivity contribution in [1.29, 1.82) is 0 Å². The van der Waals surface area contributed by atoms with Gasteiger partial charge in [-0.15, -0.1) is 0 Å². The lowest BCUT2D eigenvalue weighted by molar-refractivity contribution is -0.144. The molecule has 0 bridgehead atoms. The van der Waals surface area contributed by atoms with Crippen molar-refractivity contribution < 1.29 is 18.7 Å². The summed E-state index contributed by atoms with van der Waals surface area (Å²) in [5.74, 6) is -0.481. The number of hydrogen-bond acceptors (Lipinski definition) is 4. The molecule has 1 N–H and O–H groups in total. The van der Waals surface area contributed by atoms with Crippen LogP contribution in [-0.2, 0) is 14.3 Å². The Balaban J connectivity index is 1.77. The number of furan rings is 1.